The molecule has 1 N–H and O–H groups in total. The molecule has 0 spiro atoms. The Kier molecular flexibility index (Phi) is 4.79. The molecule has 0 aliphatic carbocycles. The Labute approximate surface area is 110 Å². The summed E-state index contributed by atoms with van der Waals surface area (Å²) in [6, 6.07) is 0.224. The lowest BCUT2D eigenvalue weighted by molar-refractivity contribution is 0.356. The van der Waals surface area contributed by atoms with Crippen LogP contribution in [0, 0.1) is 5.92 Å². The molecule has 1 rings (SSSR count). The first kappa shape index (κ1) is 15.0. The Bertz CT molecular complexity index is 423. The largest absolute Gasteiger partial charge is 0.328 e. The first-order valence-corrected chi connectivity index (χ1v) is 6.73. The van der Waals surface area contributed by atoms with Crippen LogP contribution in [-0.2, 0) is 6.54 Å². The van der Waals surface area contributed by atoms with Crippen molar-refractivity contribution < 1.29 is 0 Å². The van der Waals surface area contributed by atoms with Crippen molar-refractivity contribution in [1.29, 1.82) is 0 Å². The van der Waals surface area contributed by atoms with Crippen molar-refractivity contribution in [2.24, 2.45) is 5.92 Å². The van der Waals surface area contributed by atoms with Gasteiger partial charge < -0.3 is 5.32 Å². The highest BCUT2D eigenvalue weighted by atomic mass is 16.1. The molecule has 104 valence electrons. The number of nitrogens with zero attached hydrogens (tertiary/aromatic N) is 2. The van der Waals surface area contributed by atoms with Crippen molar-refractivity contribution in [1.82, 2.24) is 14.5 Å². The molecular formula is C14H27N3O. The smallest absolute Gasteiger partial charge is 0.312 e. The average Bonchev–Trinajstić information content (AvgIpc) is 2.57. The van der Waals surface area contributed by atoms with Crippen molar-refractivity contribution in [3.05, 3.63) is 22.9 Å². The Hall–Kier alpha value is -1.03. The van der Waals surface area contributed by atoms with E-state index in [-0.39, 0.29) is 17.3 Å². The van der Waals surface area contributed by atoms with E-state index in [1.54, 1.807) is 9.13 Å². The van der Waals surface area contributed by atoms with Gasteiger partial charge in [0.05, 0.1) is 0 Å². The molecule has 1 heterocycles. The van der Waals surface area contributed by atoms with Crippen molar-refractivity contribution in [3.8, 4) is 0 Å². The summed E-state index contributed by atoms with van der Waals surface area (Å²) in [6.07, 6.45) is 3.76. The molecule has 1 atom stereocenters. The molecule has 0 bridgehead atoms. The number of hydrogen-bond acceptors (Lipinski definition) is 2. The molecule has 18 heavy (non-hydrogen) atoms. The maximum atomic E-state index is 12.1. The van der Waals surface area contributed by atoms with Crippen LogP contribution < -0.4 is 11.0 Å². The summed E-state index contributed by atoms with van der Waals surface area (Å²) in [5.41, 5.74) is 0.218. The van der Waals surface area contributed by atoms with Gasteiger partial charge in [0.25, 0.3) is 0 Å². The number of nitrogens with one attached hydrogen (secondary N) is 1. The third kappa shape index (κ3) is 4.33. The summed E-state index contributed by atoms with van der Waals surface area (Å²) >= 11 is 0. The van der Waals surface area contributed by atoms with Crippen LogP contribution in [-0.4, -0.2) is 21.2 Å². The minimum atomic E-state index is 0.0904. The molecule has 0 saturated carbocycles. The lowest BCUT2D eigenvalue weighted by Crippen LogP contribution is -2.40. The number of aromatic nitrogens is 2. The summed E-state index contributed by atoms with van der Waals surface area (Å²) in [5, 5.41) is 3.47. The fraction of sp³-hybridized carbons (Fsp3) is 0.786. The minimum absolute atomic E-state index is 0.0904. The van der Waals surface area contributed by atoms with Gasteiger partial charge in [0.1, 0.15) is 0 Å². The van der Waals surface area contributed by atoms with Gasteiger partial charge in [-0.1, -0.05) is 6.92 Å². The molecule has 0 aromatic carbocycles. The SMILES string of the molecule is CC(CNC(C)(C)C)Cn1ccn(C(C)C)c1=O. The number of imidazole rings is 1. The van der Waals surface area contributed by atoms with E-state index >= 15 is 0 Å². The standard InChI is InChI=1S/C14H27N3O/c1-11(2)17-8-7-16(13(17)18)10-12(3)9-15-14(4,5)6/h7-8,11-12,15H,9-10H2,1-6H3. The van der Waals surface area contributed by atoms with Gasteiger partial charge in [0.15, 0.2) is 0 Å². The fourth-order valence-electron chi connectivity index (χ4n) is 1.84. The Morgan fingerprint density at radius 3 is 2.28 bits per heavy atom. The maximum absolute atomic E-state index is 12.1. The molecule has 0 aliphatic rings. The monoisotopic (exact) mass is 253 g/mol. The van der Waals surface area contributed by atoms with Crippen LogP contribution in [0.4, 0.5) is 0 Å². The van der Waals surface area contributed by atoms with Crippen LogP contribution in [0.3, 0.4) is 0 Å². The van der Waals surface area contributed by atoms with E-state index in [0.717, 1.165) is 13.1 Å². The highest BCUT2D eigenvalue weighted by Crippen LogP contribution is 2.04. The highest BCUT2D eigenvalue weighted by molar-refractivity contribution is 4.84. The predicted octanol–water partition coefficient (Wildman–Crippen LogP) is 2.25. The Morgan fingerprint density at radius 1 is 1.22 bits per heavy atom. The van der Waals surface area contributed by atoms with Crippen LogP contribution in [0.2, 0.25) is 0 Å². The van der Waals surface area contributed by atoms with Crippen molar-refractivity contribution in [2.45, 2.75) is 59.7 Å². The third-order valence-electron chi connectivity index (χ3n) is 2.92. The van der Waals surface area contributed by atoms with Crippen LogP contribution in [0.1, 0.15) is 47.6 Å². The van der Waals surface area contributed by atoms with Crippen LogP contribution in [0.15, 0.2) is 17.2 Å². The lowest BCUT2D eigenvalue weighted by Gasteiger charge is -2.23. The van der Waals surface area contributed by atoms with Gasteiger partial charge in [-0.05, 0) is 47.1 Å². The fourth-order valence-corrected chi connectivity index (χ4v) is 1.84. The van der Waals surface area contributed by atoms with Crippen molar-refractivity contribution in [3.63, 3.8) is 0 Å². The van der Waals surface area contributed by atoms with E-state index in [0.29, 0.717) is 5.92 Å². The zero-order chi connectivity index (χ0) is 13.9. The van der Waals surface area contributed by atoms with E-state index in [2.05, 4.69) is 33.0 Å². The van der Waals surface area contributed by atoms with Gasteiger partial charge in [0.2, 0.25) is 0 Å². The molecule has 0 aliphatic heterocycles. The van der Waals surface area contributed by atoms with E-state index in [1.807, 2.05) is 26.2 Å². The first-order valence-electron chi connectivity index (χ1n) is 6.73. The Morgan fingerprint density at radius 2 is 1.83 bits per heavy atom. The van der Waals surface area contributed by atoms with Gasteiger partial charge in [-0.15, -0.1) is 0 Å². The second-order valence-corrected chi connectivity index (χ2v) is 6.47. The normalized spacial score (nSPS) is 14.2. The summed E-state index contributed by atoms with van der Waals surface area (Å²) in [6.45, 7) is 14.4. The van der Waals surface area contributed by atoms with Crippen LogP contribution in [0.5, 0.6) is 0 Å². The van der Waals surface area contributed by atoms with E-state index in [9.17, 15) is 4.79 Å². The molecule has 1 unspecified atom stereocenters. The first-order chi connectivity index (χ1) is 8.20. The van der Waals surface area contributed by atoms with Gasteiger partial charge >= 0.3 is 5.69 Å². The summed E-state index contributed by atoms with van der Waals surface area (Å²) in [4.78, 5) is 12.1. The van der Waals surface area contributed by atoms with Crippen LogP contribution in [0.25, 0.3) is 0 Å². The van der Waals surface area contributed by atoms with Crippen molar-refractivity contribution >= 4 is 0 Å². The maximum Gasteiger partial charge on any atom is 0.328 e. The third-order valence-corrected chi connectivity index (χ3v) is 2.92. The quantitative estimate of drug-likeness (QED) is 0.874. The molecular weight excluding hydrogens is 226 g/mol. The molecule has 0 fully saturated rings. The number of hydrogen-bond donors (Lipinski definition) is 1. The van der Waals surface area contributed by atoms with Gasteiger partial charge in [-0.3, -0.25) is 9.13 Å². The van der Waals surface area contributed by atoms with Gasteiger partial charge in [-0.2, -0.15) is 0 Å². The summed E-state index contributed by atoms with van der Waals surface area (Å²) in [5.74, 6) is 0.435. The van der Waals surface area contributed by atoms with E-state index in [1.165, 1.54) is 0 Å². The zero-order valence-electron chi connectivity index (χ0n) is 12.5. The topological polar surface area (TPSA) is 39.0 Å². The van der Waals surface area contributed by atoms with Crippen LogP contribution >= 0.6 is 0 Å². The molecule has 0 saturated heterocycles. The molecule has 1 aromatic rings. The second kappa shape index (κ2) is 5.74. The second-order valence-electron chi connectivity index (χ2n) is 6.47. The molecule has 4 heteroatoms. The van der Waals surface area contributed by atoms with Gasteiger partial charge in [-0.25, -0.2) is 4.79 Å². The van der Waals surface area contributed by atoms with E-state index in [4.69, 9.17) is 0 Å². The molecule has 4 nitrogen and oxygen atoms in total. The van der Waals surface area contributed by atoms with Gasteiger partial charge in [0, 0.05) is 30.5 Å². The highest BCUT2D eigenvalue weighted by Gasteiger charge is 2.13. The minimum Gasteiger partial charge on any atom is -0.312 e. The summed E-state index contributed by atoms with van der Waals surface area (Å²) < 4.78 is 3.57. The molecule has 0 radical (unpaired) electrons. The molecule has 0 amide bonds. The zero-order valence-corrected chi connectivity index (χ0v) is 12.5. The Balaban J connectivity index is 2.60. The van der Waals surface area contributed by atoms with E-state index < -0.39 is 0 Å². The lowest BCUT2D eigenvalue weighted by atomic mass is 10.1. The average molecular weight is 253 g/mol. The number of rotatable bonds is 5. The molecule has 1 aromatic heterocycles. The summed E-state index contributed by atoms with van der Waals surface area (Å²) in [7, 11) is 0. The van der Waals surface area contributed by atoms with Crippen molar-refractivity contribution in [2.75, 3.05) is 6.54 Å². The predicted molar refractivity (Wildman–Crippen MR) is 76.0 cm³/mol.